The highest BCUT2D eigenvalue weighted by atomic mass is 32.1. The van der Waals surface area contributed by atoms with Crippen molar-refractivity contribution in [2.75, 3.05) is 12.0 Å². The van der Waals surface area contributed by atoms with Gasteiger partial charge in [0.2, 0.25) is 0 Å². The first-order valence-electron chi connectivity index (χ1n) is 8.80. The van der Waals surface area contributed by atoms with Crippen LogP contribution in [0.4, 0.5) is 13.9 Å². The van der Waals surface area contributed by atoms with Gasteiger partial charge in [-0.1, -0.05) is 41.7 Å². The molecule has 1 amide bonds. The molecule has 4 nitrogen and oxygen atoms in total. The average Bonchev–Trinajstić information content (AvgIpc) is 3.16. The van der Waals surface area contributed by atoms with E-state index in [1.54, 1.807) is 31.4 Å². The summed E-state index contributed by atoms with van der Waals surface area (Å²) in [6.45, 7) is 0.246. The first kappa shape index (κ1) is 19.0. The molecular formula is C22H16F2N2O2S. The van der Waals surface area contributed by atoms with Gasteiger partial charge in [0.15, 0.2) is 10.9 Å². The molecule has 0 aliphatic carbocycles. The minimum absolute atomic E-state index is 0.0481. The van der Waals surface area contributed by atoms with Gasteiger partial charge in [0.25, 0.3) is 5.91 Å². The van der Waals surface area contributed by atoms with E-state index in [9.17, 15) is 13.6 Å². The van der Waals surface area contributed by atoms with E-state index in [-0.39, 0.29) is 18.0 Å². The Morgan fingerprint density at radius 3 is 2.48 bits per heavy atom. The Labute approximate surface area is 170 Å². The highest BCUT2D eigenvalue weighted by Gasteiger charge is 2.23. The summed E-state index contributed by atoms with van der Waals surface area (Å²) in [5, 5.41) is 0.300. The number of aromatic nitrogens is 1. The van der Waals surface area contributed by atoms with Crippen LogP contribution in [-0.2, 0) is 6.54 Å². The second-order valence-electron chi connectivity index (χ2n) is 6.34. The Balaban J connectivity index is 1.77. The molecule has 0 unspecified atom stereocenters. The number of anilines is 1. The molecule has 146 valence electrons. The third-order valence-corrected chi connectivity index (χ3v) is 5.42. The van der Waals surface area contributed by atoms with Crippen LogP contribution in [0.1, 0.15) is 15.9 Å². The van der Waals surface area contributed by atoms with Gasteiger partial charge in [-0.2, -0.15) is 0 Å². The molecule has 4 rings (SSSR count). The van der Waals surface area contributed by atoms with Crippen LogP contribution in [-0.4, -0.2) is 18.0 Å². The zero-order chi connectivity index (χ0) is 20.4. The molecule has 0 aliphatic heterocycles. The predicted molar refractivity (Wildman–Crippen MR) is 109 cm³/mol. The molecular weight excluding hydrogens is 394 g/mol. The summed E-state index contributed by atoms with van der Waals surface area (Å²) in [5.41, 5.74) is 1.37. The molecule has 0 saturated heterocycles. The SMILES string of the molecule is COc1ccc(C(=O)N(Cc2ccccc2)c2nc3c(F)cc(F)cc3s2)cc1. The lowest BCUT2D eigenvalue weighted by Crippen LogP contribution is -2.30. The zero-order valence-electron chi connectivity index (χ0n) is 15.4. The Kier molecular flexibility index (Phi) is 5.22. The maximum atomic E-state index is 14.1. The number of rotatable bonds is 5. The Morgan fingerprint density at radius 2 is 1.79 bits per heavy atom. The molecule has 0 atom stereocenters. The van der Waals surface area contributed by atoms with Crippen LogP contribution in [0.5, 0.6) is 5.75 Å². The largest absolute Gasteiger partial charge is 0.497 e. The molecule has 0 radical (unpaired) electrons. The normalized spacial score (nSPS) is 10.9. The summed E-state index contributed by atoms with van der Waals surface area (Å²) < 4.78 is 33.2. The number of nitrogens with zero attached hydrogens (tertiary/aromatic N) is 2. The molecule has 0 saturated carbocycles. The first-order valence-corrected chi connectivity index (χ1v) is 9.62. The topological polar surface area (TPSA) is 42.4 Å². The minimum atomic E-state index is -0.751. The van der Waals surface area contributed by atoms with E-state index in [1.807, 2.05) is 30.3 Å². The number of benzene rings is 3. The first-order chi connectivity index (χ1) is 14.0. The molecule has 1 heterocycles. The van der Waals surface area contributed by atoms with Crippen molar-refractivity contribution in [1.29, 1.82) is 0 Å². The Morgan fingerprint density at radius 1 is 1.07 bits per heavy atom. The van der Waals surface area contributed by atoms with Crippen LogP contribution in [0.2, 0.25) is 0 Å². The van der Waals surface area contributed by atoms with E-state index in [1.165, 1.54) is 11.0 Å². The lowest BCUT2D eigenvalue weighted by Gasteiger charge is -2.20. The van der Waals surface area contributed by atoms with E-state index >= 15 is 0 Å². The van der Waals surface area contributed by atoms with Gasteiger partial charge in [-0.3, -0.25) is 9.69 Å². The van der Waals surface area contributed by atoms with Gasteiger partial charge in [0.05, 0.1) is 18.4 Å². The van der Waals surface area contributed by atoms with Gasteiger partial charge in [-0.25, -0.2) is 13.8 Å². The fourth-order valence-corrected chi connectivity index (χ4v) is 3.95. The van der Waals surface area contributed by atoms with Crippen molar-refractivity contribution in [2.24, 2.45) is 0 Å². The smallest absolute Gasteiger partial charge is 0.260 e. The predicted octanol–water partition coefficient (Wildman–Crippen LogP) is 5.43. The number of hydrogen-bond acceptors (Lipinski definition) is 4. The number of methoxy groups -OCH3 is 1. The number of hydrogen-bond donors (Lipinski definition) is 0. The van der Waals surface area contributed by atoms with Crippen molar-refractivity contribution < 1.29 is 18.3 Å². The highest BCUT2D eigenvalue weighted by Crippen LogP contribution is 2.33. The summed E-state index contributed by atoms with van der Waals surface area (Å²) in [6, 6.07) is 18.1. The van der Waals surface area contributed by atoms with Crippen molar-refractivity contribution >= 4 is 32.6 Å². The zero-order valence-corrected chi connectivity index (χ0v) is 16.2. The van der Waals surface area contributed by atoms with Gasteiger partial charge in [0.1, 0.15) is 17.1 Å². The third-order valence-electron chi connectivity index (χ3n) is 4.40. The van der Waals surface area contributed by atoms with E-state index < -0.39 is 11.6 Å². The van der Waals surface area contributed by atoms with Crippen LogP contribution in [0, 0.1) is 11.6 Å². The molecule has 4 aromatic rings. The molecule has 0 spiro atoms. The van der Waals surface area contributed by atoms with E-state index in [0.29, 0.717) is 21.1 Å². The van der Waals surface area contributed by atoms with Gasteiger partial charge >= 0.3 is 0 Å². The van der Waals surface area contributed by atoms with Crippen LogP contribution in [0.3, 0.4) is 0 Å². The van der Waals surface area contributed by atoms with Crippen LogP contribution >= 0.6 is 11.3 Å². The van der Waals surface area contributed by atoms with Crippen molar-refractivity contribution in [3.63, 3.8) is 0 Å². The lowest BCUT2D eigenvalue weighted by molar-refractivity contribution is 0.0985. The van der Waals surface area contributed by atoms with Gasteiger partial charge < -0.3 is 4.74 Å². The molecule has 1 aromatic heterocycles. The van der Waals surface area contributed by atoms with Crippen LogP contribution in [0.15, 0.2) is 66.7 Å². The highest BCUT2D eigenvalue weighted by molar-refractivity contribution is 7.22. The maximum Gasteiger partial charge on any atom is 0.260 e. The van der Waals surface area contributed by atoms with Crippen LogP contribution < -0.4 is 9.64 Å². The summed E-state index contributed by atoms with van der Waals surface area (Å²) >= 11 is 1.07. The molecule has 0 bridgehead atoms. The standard InChI is InChI=1S/C22H16F2N2O2S/c1-28-17-9-7-15(8-10-17)21(27)26(13-14-5-3-2-4-6-14)22-25-20-18(24)11-16(23)12-19(20)29-22/h2-12H,13H2,1H3. The van der Waals surface area contributed by atoms with Gasteiger partial charge in [-0.05, 0) is 35.9 Å². The third kappa shape index (κ3) is 3.95. The number of fused-ring (bicyclic) bond motifs is 1. The van der Waals surface area contributed by atoms with E-state index in [4.69, 9.17) is 4.74 Å². The summed E-state index contributed by atoms with van der Waals surface area (Å²) in [5.74, 6) is -1.09. The molecule has 29 heavy (non-hydrogen) atoms. The monoisotopic (exact) mass is 410 g/mol. The summed E-state index contributed by atoms with van der Waals surface area (Å²) in [7, 11) is 1.55. The number of amides is 1. The quantitative estimate of drug-likeness (QED) is 0.441. The molecule has 0 aliphatic rings. The van der Waals surface area contributed by atoms with Crippen molar-refractivity contribution in [1.82, 2.24) is 4.98 Å². The number of ether oxygens (including phenoxy) is 1. The average molecular weight is 410 g/mol. The lowest BCUT2D eigenvalue weighted by atomic mass is 10.1. The number of carbonyl (C=O) groups is 1. The van der Waals surface area contributed by atoms with Gasteiger partial charge in [-0.15, -0.1) is 0 Å². The molecule has 7 heteroatoms. The van der Waals surface area contributed by atoms with Crippen molar-refractivity contribution in [2.45, 2.75) is 6.54 Å². The number of carbonyl (C=O) groups excluding carboxylic acids is 1. The molecule has 0 N–H and O–H groups in total. The molecule has 3 aromatic carbocycles. The van der Waals surface area contributed by atoms with E-state index in [0.717, 1.165) is 23.0 Å². The van der Waals surface area contributed by atoms with Crippen molar-refractivity contribution in [3.8, 4) is 5.75 Å². The van der Waals surface area contributed by atoms with Crippen molar-refractivity contribution in [3.05, 3.63) is 89.5 Å². The van der Waals surface area contributed by atoms with Crippen LogP contribution in [0.25, 0.3) is 10.2 Å². The number of halogens is 2. The molecule has 0 fully saturated rings. The maximum absolute atomic E-state index is 14.1. The fourth-order valence-electron chi connectivity index (χ4n) is 2.94. The van der Waals surface area contributed by atoms with E-state index in [2.05, 4.69) is 4.98 Å². The number of thiazole rings is 1. The van der Waals surface area contributed by atoms with Gasteiger partial charge in [0, 0.05) is 11.6 Å². The second-order valence-corrected chi connectivity index (χ2v) is 7.35. The fraction of sp³-hybridized carbons (Fsp3) is 0.0909. The Bertz CT molecular complexity index is 1160. The summed E-state index contributed by atoms with van der Waals surface area (Å²) in [6.07, 6.45) is 0. The second kappa shape index (κ2) is 7.97. The Hall–Kier alpha value is -3.32. The minimum Gasteiger partial charge on any atom is -0.497 e. The summed E-state index contributed by atoms with van der Waals surface area (Å²) in [4.78, 5) is 19.0.